The largest absolute Gasteiger partial charge is 0.454 e. The van der Waals surface area contributed by atoms with Crippen LogP contribution in [0.4, 0.5) is 16.2 Å². The number of carbonyl (C=O) groups excluding carboxylic acids is 3. The number of ether oxygens (including phenoxy) is 2. The lowest BCUT2D eigenvalue weighted by molar-refractivity contribution is -0.124. The van der Waals surface area contributed by atoms with E-state index in [1.165, 1.54) is 4.90 Å². The lowest BCUT2D eigenvalue weighted by Gasteiger charge is -2.22. The summed E-state index contributed by atoms with van der Waals surface area (Å²) in [6.45, 7) is 2.12. The van der Waals surface area contributed by atoms with Gasteiger partial charge in [0.05, 0.1) is 12.1 Å². The van der Waals surface area contributed by atoms with Crippen molar-refractivity contribution >= 4 is 40.8 Å². The number of rotatable bonds is 6. The number of anilines is 2. The van der Waals surface area contributed by atoms with Crippen LogP contribution in [0.1, 0.15) is 17.5 Å². The monoisotopic (exact) mass is 491 g/mol. The number of imide groups is 1. The number of fused-ring (bicyclic) bond motifs is 1. The third-order valence-corrected chi connectivity index (χ3v) is 6.36. The first kappa shape index (κ1) is 22.7. The highest BCUT2D eigenvalue weighted by atomic mass is 35.5. The van der Waals surface area contributed by atoms with Crippen molar-refractivity contribution in [3.8, 4) is 11.5 Å². The van der Waals surface area contributed by atoms with E-state index in [4.69, 9.17) is 21.1 Å². The number of urea groups is 1. The van der Waals surface area contributed by atoms with Gasteiger partial charge in [-0.2, -0.15) is 0 Å². The number of benzene rings is 3. The quantitative estimate of drug-likeness (QED) is 0.503. The molecule has 4 amide bonds. The number of aryl methyl sites for hydroxylation is 1. The Bertz CT molecular complexity index is 1310. The predicted octanol–water partition coefficient (Wildman–Crippen LogP) is 4.74. The van der Waals surface area contributed by atoms with E-state index in [0.717, 1.165) is 16.0 Å². The molecule has 0 aromatic heterocycles. The lowest BCUT2D eigenvalue weighted by atomic mass is 10.1. The SMILES string of the molecule is Cc1ccc(NC(=O)CC2C(=O)N(c3ccccc3)C(=O)N2Cc2ccc3c(c2)OCO3)cc1Cl. The molecule has 3 aromatic rings. The van der Waals surface area contributed by atoms with E-state index in [0.29, 0.717) is 27.9 Å². The van der Waals surface area contributed by atoms with Crippen LogP contribution in [0.25, 0.3) is 0 Å². The smallest absolute Gasteiger partial charge is 0.332 e. The van der Waals surface area contributed by atoms with E-state index in [1.54, 1.807) is 60.7 Å². The fourth-order valence-electron chi connectivity index (χ4n) is 4.12. The molecule has 3 aromatic carbocycles. The number of amides is 4. The molecule has 2 heterocycles. The number of hydrogen-bond donors (Lipinski definition) is 1. The van der Waals surface area contributed by atoms with Crippen LogP contribution in [0.5, 0.6) is 11.5 Å². The Morgan fingerprint density at radius 2 is 1.80 bits per heavy atom. The van der Waals surface area contributed by atoms with Crippen molar-refractivity contribution in [2.75, 3.05) is 17.0 Å². The zero-order chi connectivity index (χ0) is 24.5. The molecule has 1 fully saturated rings. The van der Waals surface area contributed by atoms with Gasteiger partial charge in [-0.1, -0.05) is 41.9 Å². The van der Waals surface area contributed by atoms with Gasteiger partial charge >= 0.3 is 6.03 Å². The van der Waals surface area contributed by atoms with Crippen molar-refractivity contribution in [1.82, 2.24) is 4.90 Å². The summed E-state index contributed by atoms with van der Waals surface area (Å²) >= 11 is 6.17. The molecule has 0 aliphatic carbocycles. The van der Waals surface area contributed by atoms with Crippen molar-refractivity contribution in [3.05, 3.63) is 82.9 Å². The maximum Gasteiger partial charge on any atom is 0.332 e. The Labute approximate surface area is 207 Å². The first-order valence-corrected chi connectivity index (χ1v) is 11.4. The summed E-state index contributed by atoms with van der Waals surface area (Å²) in [5.41, 5.74) is 2.60. The number of halogens is 1. The number of nitrogens with zero attached hydrogens (tertiary/aromatic N) is 2. The molecule has 178 valence electrons. The van der Waals surface area contributed by atoms with E-state index in [9.17, 15) is 14.4 Å². The van der Waals surface area contributed by atoms with Crippen molar-refractivity contribution in [2.45, 2.75) is 25.9 Å². The van der Waals surface area contributed by atoms with Crippen molar-refractivity contribution in [3.63, 3.8) is 0 Å². The zero-order valence-electron chi connectivity index (χ0n) is 18.9. The Kier molecular flexibility index (Phi) is 6.05. The van der Waals surface area contributed by atoms with E-state index in [1.807, 2.05) is 13.0 Å². The molecule has 0 saturated carbocycles. The van der Waals surface area contributed by atoms with E-state index < -0.39 is 23.9 Å². The van der Waals surface area contributed by atoms with E-state index in [2.05, 4.69) is 5.32 Å². The van der Waals surface area contributed by atoms with Gasteiger partial charge in [0.15, 0.2) is 11.5 Å². The van der Waals surface area contributed by atoms with Crippen LogP contribution in [0.2, 0.25) is 5.02 Å². The van der Waals surface area contributed by atoms with Gasteiger partial charge in [0.25, 0.3) is 5.91 Å². The van der Waals surface area contributed by atoms with Gasteiger partial charge in [-0.15, -0.1) is 0 Å². The first-order chi connectivity index (χ1) is 16.9. The van der Waals surface area contributed by atoms with E-state index >= 15 is 0 Å². The molecule has 1 atom stereocenters. The second kappa shape index (κ2) is 9.31. The minimum Gasteiger partial charge on any atom is -0.454 e. The molecule has 0 bridgehead atoms. The minimum atomic E-state index is -0.978. The highest BCUT2D eigenvalue weighted by Crippen LogP contribution is 2.34. The number of carbonyl (C=O) groups is 3. The standard InChI is InChI=1S/C26H22ClN3O5/c1-16-7-9-18(12-20(16)27)28-24(31)13-21-25(32)30(19-5-3-2-4-6-19)26(33)29(21)14-17-8-10-22-23(11-17)35-15-34-22/h2-12,21H,13-15H2,1H3,(H,28,31). The molecular formula is C26H22ClN3O5. The van der Waals surface area contributed by atoms with Gasteiger partial charge in [-0.25, -0.2) is 9.69 Å². The maximum atomic E-state index is 13.4. The van der Waals surface area contributed by atoms with Gasteiger partial charge < -0.3 is 19.7 Å². The summed E-state index contributed by atoms with van der Waals surface area (Å²) in [4.78, 5) is 42.3. The third-order valence-electron chi connectivity index (χ3n) is 5.96. The molecule has 0 spiro atoms. The summed E-state index contributed by atoms with van der Waals surface area (Å²) in [6.07, 6.45) is -0.204. The predicted molar refractivity (Wildman–Crippen MR) is 131 cm³/mol. The minimum absolute atomic E-state index is 0.124. The highest BCUT2D eigenvalue weighted by molar-refractivity contribution is 6.31. The molecule has 9 heteroatoms. The lowest BCUT2D eigenvalue weighted by Crippen LogP contribution is -2.37. The van der Waals surface area contributed by atoms with Crippen LogP contribution >= 0.6 is 11.6 Å². The van der Waals surface area contributed by atoms with Gasteiger partial charge in [-0.05, 0) is 54.4 Å². The molecular weight excluding hydrogens is 470 g/mol. The van der Waals surface area contributed by atoms with Crippen LogP contribution in [0, 0.1) is 6.92 Å². The van der Waals surface area contributed by atoms with Gasteiger partial charge in [0, 0.05) is 17.3 Å². The normalized spacial score (nSPS) is 16.7. The maximum absolute atomic E-state index is 13.4. The number of nitrogens with one attached hydrogen (secondary N) is 1. The molecule has 1 N–H and O–H groups in total. The zero-order valence-corrected chi connectivity index (χ0v) is 19.6. The molecule has 1 unspecified atom stereocenters. The summed E-state index contributed by atoms with van der Waals surface area (Å²) in [7, 11) is 0. The highest BCUT2D eigenvalue weighted by Gasteiger charge is 2.46. The number of para-hydroxylation sites is 1. The van der Waals surface area contributed by atoms with Crippen LogP contribution < -0.4 is 19.7 Å². The summed E-state index contributed by atoms with van der Waals surface area (Å²) in [5, 5.41) is 3.30. The second-order valence-electron chi connectivity index (χ2n) is 8.34. The third kappa shape index (κ3) is 4.52. The Balaban J connectivity index is 1.41. The van der Waals surface area contributed by atoms with Crippen molar-refractivity contribution in [2.24, 2.45) is 0 Å². The fourth-order valence-corrected chi connectivity index (χ4v) is 4.30. The Morgan fingerprint density at radius 1 is 1.03 bits per heavy atom. The summed E-state index contributed by atoms with van der Waals surface area (Å²) in [6, 6.07) is 17.7. The van der Waals surface area contributed by atoms with Gasteiger partial charge in [-0.3, -0.25) is 9.59 Å². The van der Waals surface area contributed by atoms with Crippen molar-refractivity contribution < 1.29 is 23.9 Å². The molecule has 2 aliphatic rings. The molecule has 5 rings (SSSR count). The molecule has 8 nitrogen and oxygen atoms in total. The first-order valence-electron chi connectivity index (χ1n) is 11.0. The number of hydrogen-bond acceptors (Lipinski definition) is 5. The molecule has 2 aliphatic heterocycles. The molecule has 35 heavy (non-hydrogen) atoms. The molecule has 1 saturated heterocycles. The Morgan fingerprint density at radius 3 is 2.57 bits per heavy atom. The topological polar surface area (TPSA) is 88.2 Å². The summed E-state index contributed by atoms with van der Waals surface area (Å²) < 4.78 is 10.8. The second-order valence-corrected chi connectivity index (χ2v) is 8.75. The van der Waals surface area contributed by atoms with Crippen LogP contribution in [-0.4, -0.2) is 35.6 Å². The van der Waals surface area contributed by atoms with Crippen LogP contribution in [-0.2, 0) is 16.1 Å². The van der Waals surface area contributed by atoms with Crippen LogP contribution in [0.15, 0.2) is 66.7 Å². The van der Waals surface area contributed by atoms with Crippen LogP contribution in [0.3, 0.4) is 0 Å². The van der Waals surface area contributed by atoms with Gasteiger partial charge in [0.2, 0.25) is 12.7 Å². The Hall–Kier alpha value is -4.04. The average Bonchev–Trinajstić information content (AvgIpc) is 3.40. The summed E-state index contributed by atoms with van der Waals surface area (Å²) in [5.74, 6) is 0.336. The fraction of sp³-hybridized carbons (Fsp3) is 0.192. The van der Waals surface area contributed by atoms with Gasteiger partial charge in [0.1, 0.15) is 6.04 Å². The van der Waals surface area contributed by atoms with Crippen molar-refractivity contribution in [1.29, 1.82) is 0 Å². The van der Waals surface area contributed by atoms with E-state index in [-0.39, 0.29) is 19.8 Å². The molecule has 0 radical (unpaired) electrons. The average molecular weight is 492 g/mol.